The van der Waals surface area contributed by atoms with Crippen molar-refractivity contribution in [3.8, 4) is 11.4 Å². The van der Waals surface area contributed by atoms with Gasteiger partial charge in [0, 0.05) is 23.7 Å². The number of nitrogens with one attached hydrogen (secondary N) is 1. The highest BCUT2D eigenvalue weighted by Crippen LogP contribution is 2.29. The zero-order valence-electron chi connectivity index (χ0n) is 11.5. The van der Waals surface area contributed by atoms with Crippen molar-refractivity contribution in [1.82, 2.24) is 24.7 Å². The monoisotopic (exact) mass is 311 g/mol. The average molecular weight is 312 g/mol. The van der Waals surface area contributed by atoms with Crippen LogP contribution < -0.4 is 0 Å². The van der Waals surface area contributed by atoms with Gasteiger partial charge in [0.25, 0.3) is 0 Å². The SMILES string of the molecule is Cn1nc(-c2cnc3[nH]cc(C=O)c3n2)c2ccc(Cl)cc21. The first kappa shape index (κ1) is 13.0. The van der Waals surface area contributed by atoms with E-state index in [1.807, 2.05) is 25.2 Å². The highest BCUT2D eigenvalue weighted by atomic mass is 35.5. The molecule has 0 atom stereocenters. The molecule has 4 rings (SSSR count). The number of aromatic amines is 1. The lowest BCUT2D eigenvalue weighted by Crippen LogP contribution is -1.92. The van der Waals surface area contributed by atoms with E-state index in [9.17, 15) is 4.79 Å². The molecule has 0 saturated heterocycles. The first-order chi connectivity index (χ1) is 10.7. The van der Waals surface area contributed by atoms with Gasteiger partial charge in [-0.3, -0.25) is 9.48 Å². The fourth-order valence-corrected chi connectivity index (χ4v) is 2.70. The van der Waals surface area contributed by atoms with Gasteiger partial charge >= 0.3 is 0 Å². The van der Waals surface area contributed by atoms with Gasteiger partial charge in [0.05, 0.1) is 17.3 Å². The fourth-order valence-electron chi connectivity index (χ4n) is 2.53. The number of aldehydes is 1. The second kappa shape index (κ2) is 4.64. The number of aryl methyl sites for hydroxylation is 1. The van der Waals surface area contributed by atoms with Gasteiger partial charge in [-0.1, -0.05) is 11.6 Å². The summed E-state index contributed by atoms with van der Waals surface area (Å²) in [6.07, 6.45) is 4.00. The van der Waals surface area contributed by atoms with Gasteiger partial charge < -0.3 is 4.98 Å². The van der Waals surface area contributed by atoms with Gasteiger partial charge in [-0.15, -0.1) is 0 Å². The minimum Gasteiger partial charge on any atom is -0.344 e. The van der Waals surface area contributed by atoms with Crippen LogP contribution in [0.25, 0.3) is 33.5 Å². The Hall–Kier alpha value is -2.73. The van der Waals surface area contributed by atoms with Crippen molar-refractivity contribution in [3.63, 3.8) is 0 Å². The van der Waals surface area contributed by atoms with Crippen molar-refractivity contribution in [1.29, 1.82) is 0 Å². The van der Waals surface area contributed by atoms with E-state index in [0.717, 1.165) is 17.2 Å². The first-order valence-electron chi connectivity index (χ1n) is 6.59. The Labute approximate surface area is 129 Å². The summed E-state index contributed by atoms with van der Waals surface area (Å²) < 4.78 is 1.75. The van der Waals surface area contributed by atoms with Crippen LogP contribution in [0.15, 0.2) is 30.6 Å². The molecule has 0 saturated carbocycles. The summed E-state index contributed by atoms with van der Waals surface area (Å²) in [6.45, 7) is 0. The van der Waals surface area contributed by atoms with Gasteiger partial charge in [-0.25, -0.2) is 9.97 Å². The standard InChI is InChI=1S/C15H10ClN5O/c1-21-12-4-9(16)2-3-10(12)14(20-21)11-6-18-15-13(19-11)8(7-22)5-17-15/h2-7H,1H3,(H,17,18). The molecule has 0 amide bonds. The van der Waals surface area contributed by atoms with Crippen LogP contribution in [0.4, 0.5) is 0 Å². The molecule has 3 aromatic heterocycles. The number of carbonyl (C=O) groups is 1. The van der Waals surface area contributed by atoms with Crippen molar-refractivity contribution < 1.29 is 4.79 Å². The van der Waals surface area contributed by atoms with Crippen LogP contribution in [-0.4, -0.2) is 31.0 Å². The summed E-state index contributed by atoms with van der Waals surface area (Å²) in [6, 6.07) is 5.57. The number of benzene rings is 1. The van der Waals surface area contributed by atoms with Gasteiger partial charge in [-0.05, 0) is 18.2 Å². The number of halogens is 1. The second-order valence-electron chi connectivity index (χ2n) is 4.95. The molecule has 108 valence electrons. The second-order valence-corrected chi connectivity index (χ2v) is 5.38. The largest absolute Gasteiger partial charge is 0.344 e. The van der Waals surface area contributed by atoms with E-state index >= 15 is 0 Å². The van der Waals surface area contributed by atoms with Crippen LogP contribution in [-0.2, 0) is 7.05 Å². The van der Waals surface area contributed by atoms with E-state index in [1.54, 1.807) is 17.1 Å². The third-order valence-corrected chi connectivity index (χ3v) is 3.83. The van der Waals surface area contributed by atoms with Crippen LogP contribution in [0.5, 0.6) is 0 Å². The Bertz CT molecular complexity index is 1030. The lowest BCUT2D eigenvalue weighted by molar-refractivity contribution is 0.112. The van der Waals surface area contributed by atoms with Gasteiger partial charge in [0.1, 0.15) is 16.9 Å². The van der Waals surface area contributed by atoms with Crippen LogP contribution in [0, 0.1) is 0 Å². The van der Waals surface area contributed by atoms with Crippen molar-refractivity contribution in [2.24, 2.45) is 7.05 Å². The highest BCUT2D eigenvalue weighted by molar-refractivity contribution is 6.31. The molecule has 0 aliphatic heterocycles. The average Bonchev–Trinajstić information content (AvgIpc) is 3.08. The molecular formula is C15H10ClN5O. The van der Waals surface area contributed by atoms with E-state index in [-0.39, 0.29) is 0 Å². The number of hydrogen-bond donors (Lipinski definition) is 1. The number of aromatic nitrogens is 5. The van der Waals surface area contributed by atoms with Crippen molar-refractivity contribution in [2.75, 3.05) is 0 Å². The van der Waals surface area contributed by atoms with Gasteiger partial charge in [0.2, 0.25) is 0 Å². The Kier molecular flexibility index (Phi) is 2.74. The number of rotatable bonds is 2. The minimum absolute atomic E-state index is 0.479. The molecule has 0 aliphatic carbocycles. The molecule has 7 heteroatoms. The van der Waals surface area contributed by atoms with E-state index < -0.39 is 0 Å². The molecule has 22 heavy (non-hydrogen) atoms. The maximum absolute atomic E-state index is 11.1. The van der Waals surface area contributed by atoms with Crippen LogP contribution in [0.2, 0.25) is 5.02 Å². The third-order valence-electron chi connectivity index (χ3n) is 3.59. The Balaban J connectivity index is 2.00. The molecule has 1 N–H and O–H groups in total. The third kappa shape index (κ3) is 1.81. The molecule has 0 spiro atoms. The Morgan fingerprint density at radius 2 is 2.23 bits per heavy atom. The van der Waals surface area contributed by atoms with E-state index in [1.165, 1.54) is 0 Å². The summed E-state index contributed by atoms with van der Waals surface area (Å²) >= 11 is 6.04. The summed E-state index contributed by atoms with van der Waals surface area (Å²) in [5.74, 6) is 0. The smallest absolute Gasteiger partial charge is 0.156 e. The van der Waals surface area contributed by atoms with Gasteiger partial charge in [-0.2, -0.15) is 5.10 Å². The molecule has 0 radical (unpaired) electrons. The predicted molar refractivity (Wildman–Crippen MR) is 84.0 cm³/mol. The minimum atomic E-state index is 0.479. The molecule has 0 bridgehead atoms. The van der Waals surface area contributed by atoms with Gasteiger partial charge in [0.15, 0.2) is 11.9 Å². The van der Waals surface area contributed by atoms with Crippen LogP contribution in [0.3, 0.4) is 0 Å². The predicted octanol–water partition coefficient (Wildman–Crippen LogP) is 2.98. The lowest BCUT2D eigenvalue weighted by atomic mass is 10.1. The maximum atomic E-state index is 11.1. The van der Waals surface area contributed by atoms with Crippen LogP contribution >= 0.6 is 11.6 Å². The Morgan fingerprint density at radius 3 is 3.05 bits per heavy atom. The van der Waals surface area contributed by atoms with Crippen LogP contribution in [0.1, 0.15) is 10.4 Å². The normalized spacial score (nSPS) is 11.4. The number of hydrogen-bond acceptors (Lipinski definition) is 4. The molecule has 0 unspecified atom stereocenters. The molecular weight excluding hydrogens is 302 g/mol. The Morgan fingerprint density at radius 1 is 1.36 bits per heavy atom. The summed E-state index contributed by atoms with van der Waals surface area (Å²) in [5, 5.41) is 6.09. The highest BCUT2D eigenvalue weighted by Gasteiger charge is 2.14. The molecule has 6 nitrogen and oxygen atoms in total. The molecule has 4 aromatic rings. The molecule has 3 heterocycles. The number of fused-ring (bicyclic) bond motifs is 2. The van der Waals surface area contributed by atoms with E-state index in [0.29, 0.717) is 33.1 Å². The zero-order valence-corrected chi connectivity index (χ0v) is 12.3. The van der Waals surface area contributed by atoms with E-state index in [2.05, 4.69) is 20.1 Å². The van der Waals surface area contributed by atoms with Crippen molar-refractivity contribution in [3.05, 3.63) is 41.2 Å². The first-order valence-corrected chi connectivity index (χ1v) is 6.97. The lowest BCUT2D eigenvalue weighted by Gasteiger charge is -1.98. The number of nitrogens with zero attached hydrogens (tertiary/aromatic N) is 4. The van der Waals surface area contributed by atoms with Crippen molar-refractivity contribution >= 4 is 40.0 Å². The number of H-pyrrole nitrogens is 1. The van der Waals surface area contributed by atoms with E-state index in [4.69, 9.17) is 11.6 Å². The number of carbonyl (C=O) groups excluding carboxylic acids is 1. The topological polar surface area (TPSA) is 76.5 Å². The molecule has 0 fully saturated rings. The fraction of sp³-hybridized carbons (Fsp3) is 0.0667. The molecule has 0 aliphatic rings. The summed E-state index contributed by atoms with van der Waals surface area (Å²) in [5.41, 5.74) is 3.83. The summed E-state index contributed by atoms with van der Waals surface area (Å²) in [4.78, 5) is 22.8. The quantitative estimate of drug-likeness (QED) is 0.577. The van der Waals surface area contributed by atoms with Crippen molar-refractivity contribution in [2.45, 2.75) is 0 Å². The maximum Gasteiger partial charge on any atom is 0.156 e. The molecule has 1 aromatic carbocycles. The zero-order chi connectivity index (χ0) is 15.3. The summed E-state index contributed by atoms with van der Waals surface area (Å²) in [7, 11) is 1.85.